The number of carbonyl (C=O) groups is 1. The third-order valence-electron chi connectivity index (χ3n) is 4.15. The van der Waals surface area contributed by atoms with Crippen molar-refractivity contribution in [3.05, 3.63) is 59.1 Å². The Balaban J connectivity index is 2.21. The number of hydrogen-bond acceptors (Lipinski definition) is 4. The summed E-state index contributed by atoms with van der Waals surface area (Å²) in [6.45, 7) is 6.12. The molecule has 3 rings (SSSR count). The van der Waals surface area contributed by atoms with Gasteiger partial charge in [0, 0.05) is 16.5 Å². The number of ether oxygens (including phenoxy) is 1. The van der Waals surface area contributed by atoms with E-state index in [0.717, 1.165) is 9.54 Å². The number of fused-ring (bicyclic) bond motifs is 1. The van der Waals surface area contributed by atoms with Crippen molar-refractivity contribution >= 4 is 38.6 Å². The second kappa shape index (κ2) is 6.58. The predicted octanol–water partition coefficient (Wildman–Crippen LogP) is 4.29. The summed E-state index contributed by atoms with van der Waals surface area (Å²) in [7, 11) is -4.03. The zero-order valence-corrected chi connectivity index (χ0v) is 16.6. The zero-order valence-electron chi connectivity index (χ0n) is 15.1. The van der Waals surface area contributed by atoms with E-state index in [9.17, 15) is 13.2 Å². The molecule has 3 aromatic rings. The molecule has 0 fully saturated rings. The maximum Gasteiger partial charge on any atom is 0.411 e. The molecule has 1 heterocycles. The van der Waals surface area contributed by atoms with Crippen LogP contribution in [-0.4, -0.2) is 18.5 Å². The smallest absolute Gasteiger partial charge is 0.392 e. The Morgan fingerprint density at radius 3 is 2.26 bits per heavy atom. The Labute approximate surface area is 162 Å². The average molecular weight is 407 g/mol. The summed E-state index contributed by atoms with van der Waals surface area (Å²) in [5.74, 6) is -0.195. The minimum atomic E-state index is -4.03. The molecule has 27 heavy (non-hydrogen) atoms. The largest absolute Gasteiger partial charge is 0.411 e. The van der Waals surface area contributed by atoms with E-state index >= 15 is 0 Å². The highest BCUT2D eigenvalue weighted by Gasteiger charge is 2.26. The quantitative estimate of drug-likeness (QED) is 0.702. The first kappa shape index (κ1) is 19.3. The number of nitrogens with two attached hydrogens (primary N) is 1. The fraction of sp³-hybridized carbons (Fsp3) is 0.211. The van der Waals surface area contributed by atoms with Crippen LogP contribution in [0.5, 0.6) is 5.88 Å². The van der Waals surface area contributed by atoms with Crippen LogP contribution in [0.4, 0.5) is 4.79 Å². The summed E-state index contributed by atoms with van der Waals surface area (Å²) >= 11 is 5.99. The van der Waals surface area contributed by atoms with Crippen LogP contribution in [-0.2, 0) is 15.4 Å². The maximum atomic E-state index is 13.3. The first-order valence-electron chi connectivity index (χ1n) is 8.14. The van der Waals surface area contributed by atoms with E-state index in [1.165, 1.54) is 18.2 Å². The molecule has 0 aliphatic heterocycles. The molecular weight excluding hydrogens is 388 g/mol. The van der Waals surface area contributed by atoms with Crippen molar-refractivity contribution in [2.24, 2.45) is 5.73 Å². The molecule has 0 saturated heterocycles. The molecule has 8 heteroatoms. The highest BCUT2D eigenvalue weighted by atomic mass is 35.5. The molecule has 0 unspecified atom stereocenters. The summed E-state index contributed by atoms with van der Waals surface area (Å²) in [5, 5.41) is 0.936. The lowest BCUT2D eigenvalue weighted by Crippen LogP contribution is -2.21. The number of halogens is 1. The lowest BCUT2D eigenvalue weighted by atomic mass is 9.87. The second-order valence-corrected chi connectivity index (χ2v) is 9.37. The van der Waals surface area contributed by atoms with Gasteiger partial charge in [-0.25, -0.2) is 17.2 Å². The van der Waals surface area contributed by atoms with Crippen LogP contribution in [0.3, 0.4) is 0 Å². The van der Waals surface area contributed by atoms with E-state index in [0.29, 0.717) is 15.9 Å². The number of primary amides is 1. The van der Waals surface area contributed by atoms with Gasteiger partial charge in [-0.15, -0.1) is 0 Å². The minimum Gasteiger partial charge on any atom is -0.392 e. The fourth-order valence-electron chi connectivity index (χ4n) is 2.79. The molecule has 0 aliphatic carbocycles. The molecule has 0 bridgehead atoms. The lowest BCUT2D eigenvalue weighted by molar-refractivity contribution is 0.209. The maximum absolute atomic E-state index is 13.3. The van der Waals surface area contributed by atoms with Crippen LogP contribution in [0.2, 0.25) is 5.02 Å². The van der Waals surface area contributed by atoms with E-state index in [1.54, 1.807) is 30.3 Å². The Morgan fingerprint density at radius 2 is 1.70 bits per heavy atom. The van der Waals surface area contributed by atoms with Crippen LogP contribution in [0, 0.1) is 0 Å². The van der Waals surface area contributed by atoms with Gasteiger partial charge in [0.25, 0.3) is 10.0 Å². The standard InChI is InChI=1S/C19H19ClN2O4S/c1-19(2,3)13-4-7-15(8-5-13)27(24,25)22-16-9-6-14(20)10-12(16)11-17(22)26-18(21)23/h4-11H,1-3H3,(H2,21,23). The first-order chi connectivity index (χ1) is 12.5. The Hall–Kier alpha value is -2.51. The van der Waals surface area contributed by atoms with Crippen molar-refractivity contribution in [3.8, 4) is 5.88 Å². The minimum absolute atomic E-state index is 0.0669. The van der Waals surface area contributed by atoms with Gasteiger partial charge in [0.05, 0.1) is 10.4 Å². The molecule has 6 nitrogen and oxygen atoms in total. The van der Waals surface area contributed by atoms with E-state index in [-0.39, 0.29) is 16.2 Å². The molecule has 0 aliphatic rings. The highest BCUT2D eigenvalue weighted by Crippen LogP contribution is 2.33. The summed E-state index contributed by atoms with van der Waals surface area (Å²) in [6, 6.07) is 12.7. The van der Waals surface area contributed by atoms with Crippen molar-refractivity contribution in [2.75, 3.05) is 0 Å². The molecule has 0 saturated carbocycles. The number of aromatic nitrogens is 1. The number of hydrogen-bond donors (Lipinski definition) is 1. The van der Waals surface area contributed by atoms with Crippen LogP contribution in [0.1, 0.15) is 26.3 Å². The molecule has 142 valence electrons. The van der Waals surface area contributed by atoms with E-state index in [4.69, 9.17) is 22.1 Å². The van der Waals surface area contributed by atoms with Crippen molar-refractivity contribution in [1.82, 2.24) is 3.97 Å². The summed E-state index contributed by atoms with van der Waals surface area (Å²) in [4.78, 5) is 11.3. The third-order valence-corrected chi connectivity index (χ3v) is 6.11. The van der Waals surface area contributed by atoms with Gasteiger partial charge < -0.3 is 10.5 Å². The van der Waals surface area contributed by atoms with Crippen molar-refractivity contribution in [3.63, 3.8) is 0 Å². The van der Waals surface area contributed by atoms with Crippen molar-refractivity contribution in [1.29, 1.82) is 0 Å². The number of benzene rings is 2. The topological polar surface area (TPSA) is 91.4 Å². The normalized spacial score (nSPS) is 12.3. The van der Waals surface area contributed by atoms with E-state index in [1.807, 2.05) is 20.8 Å². The summed E-state index contributed by atoms with van der Waals surface area (Å²) < 4.78 is 32.4. The van der Waals surface area contributed by atoms with Gasteiger partial charge in [-0.3, -0.25) is 0 Å². The summed E-state index contributed by atoms with van der Waals surface area (Å²) in [5.41, 5.74) is 6.32. The van der Waals surface area contributed by atoms with Gasteiger partial charge in [-0.2, -0.15) is 0 Å². The third kappa shape index (κ3) is 3.65. The van der Waals surface area contributed by atoms with Gasteiger partial charge in [0.2, 0.25) is 5.88 Å². The van der Waals surface area contributed by atoms with Gasteiger partial charge in [0.15, 0.2) is 0 Å². The molecule has 2 N–H and O–H groups in total. The summed E-state index contributed by atoms with van der Waals surface area (Å²) in [6.07, 6.45) is -1.11. The van der Waals surface area contributed by atoms with Crippen LogP contribution < -0.4 is 10.5 Å². The molecule has 1 aromatic heterocycles. The van der Waals surface area contributed by atoms with E-state index in [2.05, 4.69) is 0 Å². The Morgan fingerprint density at radius 1 is 1.07 bits per heavy atom. The van der Waals surface area contributed by atoms with Gasteiger partial charge in [-0.05, 0) is 41.3 Å². The van der Waals surface area contributed by atoms with Crippen molar-refractivity contribution < 1.29 is 17.9 Å². The number of rotatable bonds is 3. The van der Waals surface area contributed by atoms with E-state index < -0.39 is 16.1 Å². The first-order valence-corrected chi connectivity index (χ1v) is 9.96. The molecular formula is C19H19ClN2O4S. The fourth-order valence-corrected chi connectivity index (χ4v) is 4.41. The molecule has 1 amide bonds. The van der Waals surface area contributed by atoms with Gasteiger partial charge in [-0.1, -0.05) is 44.5 Å². The molecule has 0 spiro atoms. The Kier molecular flexibility index (Phi) is 4.69. The molecule has 0 atom stereocenters. The number of carbonyl (C=O) groups excluding carboxylic acids is 1. The van der Waals surface area contributed by atoms with Crippen LogP contribution >= 0.6 is 11.6 Å². The molecule has 2 aromatic carbocycles. The SMILES string of the molecule is CC(C)(C)c1ccc(S(=O)(=O)n2c(OC(N)=O)cc3cc(Cl)ccc32)cc1. The number of amides is 1. The van der Waals surface area contributed by atoms with Crippen LogP contribution in [0.25, 0.3) is 10.9 Å². The average Bonchev–Trinajstić information content (AvgIpc) is 2.90. The van der Waals surface area contributed by atoms with Crippen LogP contribution in [0.15, 0.2) is 53.4 Å². The zero-order chi connectivity index (χ0) is 20.0. The lowest BCUT2D eigenvalue weighted by Gasteiger charge is -2.19. The van der Waals surface area contributed by atoms with Gasteiger partial charge >= 0.3 is 6.09 Å². The predicted molar refractivity (Wildman–Crippen MR) is 105 cm³/mol. The monoisotopic (exact) mass is 406 g/mol. The highest BCUT2D eigenvalue weighted by molar-refractivity contribution is 7.90. The molecule has 0 radical (unpaired) electrons. The van der Waals surface area contributed by atoms with Crippen molar-refractivity contribution in [2.45, 2.75) is 31.1 Å². The Bertz CT molecular complexity index is 1130. The van der Waals surface area contributed by atoms with Gasteiger partial charge in [0.1, 0.15) is 0 Å². The number of nitrogens with zero attached hydrogens (tertiary/aromatic N) is 1. The second-order valence-electron chi connectivity index (χ2n) is 7.15.